The molecule has 3 nitrogen and oxygen atoms in total. The number of benzene rings is 1. The number of fused-ring (bicyclic) bond motifs is 1. The van der Waals surface area contributed by atoms with Gasteiger partial charge in [-0.3, -0.25) is 4.79 Å². The van der Waals surface area contributed by atoms with Crippen LogP contribution in [-0.2, 0) is 10.2 Å². The number of rotatable bonds is 4. The predicted octanol–water partition coefficient (Wildman–Crippen LogP) is 2.81. The van der Waals surface area contributed by atoms with Gasteiger partial charge in [-0.05, 0) is 31.4 Å². The van der Waals surface area contributed by atoms with E-state index in [9.17, 15) is 4.79 Å². The predicted molar refractivity (Wildman–Crippen MR) is 77.2 cm³/mol. The van der Waals surface area contributed by atoms with E-state index in [1.807, 2.05) is 12.1 Å². The van der Waals surface area contributed by atoms with Crippen LogP contribution < -0.4 is 5.32 Å². The lowest BCUT2D eigenvalue weighted by atomic mass is 9.92. The van der Waals surface area contributed by atoms with Crippen molar-refractivity contribution in [3.05, 3.63) is 48.2 Å². The van der Waals surface area contributed by atoms with Crippen molar-refractivity contribution in [2.75, 3.05) is 6.54 Å². The zero-order valence-corrected chi connectivity index (χ0v) is 11.1. The maximum Gasteiger partial charge on any atom is 0.230 e. The van der Waals surface area contributed by atoms with E-state index in [2.05, 4.69) is 35.9 Å². The van der Waals surface area contributed by atoms with Gasteiger partial charge in [0.15, 0.2) is 0 Å². The molecule has 1 aromatic carbocycles. The van der Waals surface area contributed by atoms with Crippen LogP contribution in [0.3, 0.4) is 0 Å². The number of nitrogens with one attached hydrogen (secondary N) is 2. The Bertz CT molecular complexity index is 650. The third kappa shape index (κ3) is 1.77. The van der Waals surface area contributed by atoms with E-state index in [-0.39, 0.29) is 11.3 Å². The Balaban J connectivity index is 2.06. The third-order valence-electron chi connectivity index (χ3n) is 3.96. The number of carbonyl (C=O) groups excluding carboxylic acids is 1. The summed E-state index contributed by atoms with van der Waals surface area (Å²) >= 11 is 0. The second-order valence-corrected chi connectivity index (χ2v) is 5.25. The van der Waals surface area contributed by atoms with Crippen LogP contribution >= 0.6 is 0 Å². The Morgan fingerprint density at radius 1 is 1.47 bits per heavy atom. The molecule has 3 heteroatoms. The number of para-hydroxylation sites is 1. The number of hydrogen-bond donors (Lipinski definition) is 2. The van der Waals surface area contributed by atoms with Gasteiger partial charge in [-0.2, -0.15) is 0 Å². The van der Waals surface area contributed by atoms with Crippen LogP contribution in [0.15, 0.2) is 36.9 Å². The van der Waals surface area contributed by atoms with Crippen LogP contribution in [-0.4, -0.2) is 17.4 Å². The van der Waals surface area contributed by atoms with Crippen molar-refractivity contribution >= 4 is 16.8 Å². The molecule has 0 radical (unpaired) electrons. The van der Waals surface area contributed by atoms with Gasteiger partial charge >= 0.3 is 0 Å². The lowest BCUT2D eigenvalue weighted by Crippen LogP contribution is -2.35. The highest BCUT2D eigenvalue weighted by Crippen LogP contribution is 2.51. The van der Waals surface area contributed by atoms with E-state index in [0.717, 1.165) is 24.1 Å². The molecular formula is C16H18N2O. The summed E-state index contributed by atoms with van der Waals surface area (Å²) in [5.41, 5.74) is 3.06. The molecule has 0 atom stereocenters. The average molecular weight is 254 g/mol. The molecule has 0 bridgehead atoms. The second-order valence-electron chi connectivity index (χ2n) is 5.25. The van der Waals surface area contributed by atoms with Crippen LogP contribution in [0, 0.1) is 6.92 Å². The van der Waals surface area contributed by atoms with Crippen molar-refractivity contribution in [1.82, 2.24) is 10.3 Å². The zero-order chi connectivity index (χ0) is 13.5. The van der Waals surface area contributed by atoms with Crippen molar-refractivity contribution in [1.29, 1.82) is 0 Å². The van der Waals surface area contributed by atoms with Gasteiger partial charge in [0, 0.05) is 23.1 Å². The van der Waals surface area contributed by atoms with E-state index >= 15 is 0 Å². The summed E-state index contributed by atoms with van der Waals surface area (Å²) < 4.78 is 0. The Hall–Kier alpha value is -2.03. The summed E-state index contributed by atoms with van der Waals surface area (Å²) in [6.45, 7) is 6.23. The molecule has 98 valence electrons. The van der Waals surface area contributed by atoms with Gasteiger partial charge in [0.25, 0.3) is 0 Å². The van der Waals surface area contributed by atoms with Gasteiger partial charge in [0.2, 0.25) is 5.91 Å². The molecule has 1 aliphatic rings. The number of aromatic amines is 1. The second kappa shape index (κ2) is 4.26. The fourth-order valence-corrected chi connectivity index (χ4v) is 2.94. The molecule has 0 unspecified atom stereocenters. The van der Waals surface area contributed by atoms with Crippen LogP contribution in [0.4, 0.5) is 0 Å². The van der Waals surface area contributed by atoms with Crippen molar-refractivity contribution in [3.8, 4) is 0 Å². The van der Waals surface area contributed by atoms with Crippen LogP contribution in [0.2, 0.25) is 0 Å². The van der Waals surface area contributed by atoms with Crippen LogP contribution in [0.5, 0.6) is 0 Å². The summed E-state index contributed by atoms with van der Waals surface area (Å²) in [5.74, 6) is 0.125. The number of amides is 1. The fraction of sp³-hybridized carbons (Fsp3) is 0.312. The number of hydrogen-bond acceptors (Lipinski definition) is 1. The van der Waals surface area contributed by atoms with Crippen LogP contribution in [0.25, 0.3) is 10.9 Å². The van der Waals surface area contributed by atoms with Gasteiger partial charge in [0.1, 0.15) is 0 Å². The standard InChI is InChI=1S/C16H18N2O/c1-3-10-17-15(19)16(8-9-16)14-11(2)18-13-7-5-4-6-12(13)14/h3-7,18H,1,8-10H2,2H3,(H,17,19). The Morgan fingerprint density at radius 2 is 2.21 bits per heavy atom. The fourth-order valence-electron chi connectivity index (χ4n) is 2.94. The molecule has 0 spiro atoms. The highest BCUT2D eigenvalue weighted by atomic mass is 16.2. The monoisotopic (exact) mass is 254 g/mol. The first kappa shape index (κ1) is 12.0. The van der Waals surface area contributed by atoms with Gasteiger partial charge in [-0.25, -0.2) is 0 Å². The first-order valence-electron chi connectivity index (χ1n) is 6.66. The minimum absolute atomic E-state index is 0.125. The molecule has 1 aromatic heterocycles. The zero-order valence-electron chi connectivity index (χ0n) is 11.1. The maximum atomic E-state index is 12.4. The highest BCUT2D eigenvalue weighted by Gasteiger charge is 2.53. The molecule has 19 heavy (non-hydrogen) atoms. The normalized spacial score (nSPS) is 16.3. The highest BCUT2D eigenvalue weighted by molar-refractivity contribution is 5.98. The largest absolute Gasteiger partial charge is 0.358 e. The summed E-state index contributed by atoms with van der Waals surface area (Å²) in [6, 6.07) is 8.19. The topological polar surface area (TPSA) is 44.9 Å². The molecule has 1 heterocycles. The van der Waals surface area contributed by atoms with E-state index in [0.29, 0.717) is 6.54 Å². The molecule has 1 amide bonds. The van der Waals surface area contributed by atoms with E-state index < -0.39 is 0 Å². The third-order valence-corrected chi connectivity index (χ3v) is 3.96. The van der Waals surface area contributed by atoms with E-state index in [1.165, 1.54) is 10.9 Å². The van der Waals surface area contributed by atoms with Crippen molar-refractivity contribution < 1.29 is 4.79 Å². The molecule has 1 aliphatic carbocycles. The molecule has 2 aromatic rings. The van der Waals surface area contributed by atoms with Crippen molar-refractivity contribution in [3.63, 3.8) is 0 Å². The summed E-state index contributed by atoms with van der Waals surface area (Å²) in [4.78, 5) is 15.8. The first-order chi connectivity index (χ1) is 9.19. The summed E-state index contributed by atoms with van der Waals surface area (Å²) in [5, 5.41) is 4.12. The minimum atomic E-state index is -0.327. The molecule has 0 saturated heterocycles. The van der Waals surface area contributed by atoms with Crippen LogP contribution in [0.1, 0.15) is 24.1 Å². The van der Waals surface area contributed by atoms with Gasteiger partial charge < -0.3 is 10.3 Å². The van der Waals surface area contributed by atoms with E-state index in [1.54, 1.807) is 6.08 Å². The minimum Gasteiger partial charge on any atom is -0.358 e. The lowest BCUT2D eigenvalue weighted by Gasteiger charge is -2.15. The van der Waals surface area contributed by atoms with E-state index in [4.69, 9.17) is 0 Å². The number of aryl methyl sites for hydroxylation is 1. The lowest BCUT2D eigenvalue weighted by molar-refractivity contribution is -0.123. The molecule has 1 fully saturated rings. The molecule has 2 N–H and O–H groups in total. The van der Waals surface area contributed by atoms with Gasteiger partial charge in [0.05, 0.1) is 5.41 Å². The number of carbonyl (C=O) groups is 1. The molecular weight excluding hydrogens is 236 g/mol. The molecule has 0 aliphatic heterocycles. The Morgan fingerprint density at radius 3 is 2.89 bits per heavy atom. The average Bonchev–Trinajstić information content (AvgIpc) is 3.13. The quantitative estimate of drug-likeness (QED) is 0.810. The van der Waals surface area contributed by atoms with Gasteiger partial charge in [-0.15, -0.1) is 6.58 Å². The summed E-state index contributed by atoms with van der Waals surface area (Å²) in [6.07, 6.45) is 3.58. The molecule has 3 rings (SSSR count). The molecule has 1 saturated carbocycles. The first-order valence-corrected chi connectivity index (χ1v) is 6.66. The van der Waals surface area contributed by atoms with Crippen molar-refractivity contribution in [2.45, 2.75) is 25.2 Å². The SMILES string of the molecule is C=CCNC(=O)C1(c2c(C)[nH]c3ccccc23)CC1. The van der Waals surface area contributed by atoms with Gasteiger partial charge in [-0.1, -0.05) is 24.3 Å². The Labute approximate surface area is 112 Å². The van der Waals surface area contributed by atoms with Crippen molar-refractivity contribution in [2.24, 2.45) is 0 Å². The number of aromatic nitrogens is 1. The Kier molecular flexibility index (Phi) is 2.70. The summed E-state index contributed by atoms with van der Waals surface area (Å²) in [7, 11) is 0. The smallest absolute Gasteiger partial charge is 0.230 e. The number of H-pyrrole nitrogens is 1. The maximum absolute atomic E-state index is 12.4.